The van der Waals surface area contributed by atoms with Crippen LogP contribution in [-0.2, 0) is 6.42 Å². The van der Waals surface area contributed by atoms with Crippen molar-refractivity contribution in [2.75, 3.05) is 0 Å². The van der Waals surface area contributed by atoms with Crippen LogP contribution in [0.4, 0.5) is 0 Å². The van der Waals surface area contributed by atoms with Gasteiger partial charge in [-0.1, -0.05) is 23.7 Å². The van der Waals surface area contributed by atoms with Crippen LogP contribution in [0.2, 0.25) is 5.02 Å². The summed E-state index contributed by atoms with van der Waals surface area (Å²) in [4.78, 5) is 0. The van der Waals surface area contributed by atoms with E-state index in [9.17, 15) is 0 Å². The third kappa shape index (κ3) is 4.76. The quantitative estimate of drug-likeness (QED) is 0.595. The molecule has 1 aromatic carbocycles. The normalized spacial score (nSPS) is 9.00. The molecule has 0 aliphatic heterocycles. The van der Waals surface area contributed by atoms with E-state index in [0.29, 0.717) is 6.42 Å². The highest BCUT2D eigenvalue weighted by atomic mass is 35.5. The lowest BCUT2D eigenvalue weighted by molar-refractivity contribution is 1.02. The molecular weight excluding hydrogens is 207 g/mol. The molecule has 0 heterocycles. The minimum absolute atomic E-state index is 0. The van der Waals surface area contributed by atoms with Gasteiger partial charge in [0.1, 0.15) is 0 Å². The number of benzene rings is 1. The molecular formula is C9H12Cl2N2. The molecule has 0 bridgehead atoms. The molecule has 0 spiro atoms. The highest BCUT2D eigenvalue weighted by molar-refractivity contribution is 6.30. The fourth-order valence-corrected chi connectivity index (χ4v) is 1.06. The number of rotatable bonds is 3. The minimum Gasteiger partial charge on any atom is -0.388 e. The van der Waals surface area contributed by atoms with E-state index in [1.54, 1.807) is 0 Å². The van der Waals surface area contributed by atoms with E-state index in [1.165, 1.54) is 0 Å². The molecule has 0 atom stereocenters. The van der Waals surface area contributed by atoms with Gasteiger partial charge < -0.3 is 5.73 Å². The van der Waals surface area contributed by atoms with Crippen LogP contribution in [0.5, 0.6) is 0 Å². The van der Waals surface area contributed by atoms with Crippen LogP contribution in [0.15, 0.2) is 24.3 Å². The summed E-state index contributed by atoms with van der Waals surface area (Å²) in [5.41, 5.74) is 6.39. The molecule has 1 rings (SSSR count). The van der Waals surface area contributed by atoms with Crippen LogP contribution in [0.1, 0.15) is 12.0 Å². The van der Waals surface area contributed by atoms with Gasteiger partial charge in [0.2, 0.25) is 0 Å². The molecule has 0 saturated carbocycles. The second kappa shape index (κ2) is 5.84. The Bertz CT molecular complexity index is 269. The molecule has 2 nitrogen and oxygen atoms in total. The van der Waals surface area contributed by atoms with E-state index in [0.717, 1.165) is 17.0 Å². The lowest BCUT2D eigenvalue weighted by atomic mass is 10.1. The van der Waals surface area contributed by atoms with Gasteiger partial charge in [0, 0.05) is 11.4 Å². The van der Waals surface area contributed by atoms with Gasteiger partial charge in [0.25, 0.3) is 0 Å². The fourth-order valence-electron chi connectivity index (χ4n) is 0.930. The topological polar surface area (TPSA) is 49.9 Å². The summed E-state index contributed by atoms with van der Waals surface area (Å²) in [5, 5.41) is 7.78. The van der Waals surface area contributed by atoms with Crippen molar-refractivity contribution in [2.24, 2.45) is 5.73 Å². The summed E-state index contributed by atoms with van der Waals surface area (Å²) in [6.45, 7) is 0. The summed E-state index contributed by atoms with van der Waals surface area (Å²) in [5.74, 6) is 0.227. The molecule has 13 heavy (non-hydrogen) atoms. The second-order valence-corrected chi connectivity index (χ2v) is 3.09. The van der Waals surface area contributed by atoms with Gasteiger partial charge in [-0.25, -0.2) is 0 Å². The molecule has 0 unspecified atom stereocenters. The maximum atomic E-state index is 7.04. The summed E-state index contributed by atoms with van der Waals surface area (Å²) in [6.07, 6.45) is 1.42. The lowest BCUT2D eigenvalue weighted by Gasteiger charge is -1.99. The molecule has 0 aliphatic rings. The highest BCUT2D eigenvalue weighted by Crippen LogP contribution is 2.10. The average molecular weight is 219 g/mol. The molecule has 0 aromatic heterocycles. The highest BCUT2D eigenvalue weighted by Gasteiger charge is 1.94. The minimum atomic E-state index is 0. The Kier molecular flexibility index (Phi) is 5.51. The first-order valence-electron chi connectivity index (χ1n) is 3.76. The Hall–Kier alpha value is -0.730. The number of hydrogen-bond acceptors (Lipinski definition) is 1. The van der Waals surface area contributed by atoms with E-state index in [1.807, 2.05) is 24.3 Å². The standard InChI is InChI=1S/C9H11ClN2.ClH/c10-8-4-1-7(2-5-8)3-6-9(11)12;/h1-2,4-5H,3,6H2,(H3,11,12);1H. The Morgan fingerprint density at radius 2 is 1.85 bits per heavy atom. The Morgan fingerprint density at radius 3 is 2.31 bits per heavy atom. The lowest BCUT2D eigenvalue weighted by Crippen LogP contribution is -2.10. The molecule has 0 saturated heterocycles. The van der Waals surface area contributed by atoms with Crippen LogP contribution in [0.25, 0.3) is 0 Å². The summed E-state index contributed by atoms with van der Waals surface area (Å²) >= 11 is 5.71. The number of amidine groups is 1. The van der Waals surface area contributed by atoms with Crippen LogP contribution in [0.3, 0.4) is 0 Å². The van der Waals surface area contributed by atoms with Gasteiger partial charge in [0.15, 0.2) is 0 Å². The third-order valence-corrected chi connectivity index (χ3v) is 1.85. The van der Waals surface area contributed by atoms with E-state index >= 15 is 0 Å². The van der Waals surface area contributed by atoms with Crippen molar-refractivity contribution in [1.82, 2.24) is 0 Å². The first kappa shape index (κ1) is 12.3. The van der Waals surface area contributed by atoms with Gasteiger partial charge in [0.05, 0.1) is 5.84 Å². The monoisotopic (exact) mass is 218 g/mol. The molecule has 0 radical (unpaired) electrons. The van der Waals surface area contributed by atoms with Crippen molar-refractivity contribution in [2.45, 2.75) is 12.8 Å². The number of hydrogen-bond donors (Lipinski definition) is 2. The number of aryl methyl sites for hydroxylation is 1. The zero-order valence-corrected chi connectivity index (χ0v) is 8.66. The van der Waals surface area contributed by atoms with Crippen molar-refractivity contribution in [3.05, 3.63) is 34.9 Å². The van der Waals surface area contributed by atoms with Crippen molar-refractivity contribution < 1.29 is 0 Å². The fraction of sp³-hybridized carbons (Fsp3) is 0.222. The SMILES string of the molecule is Cl.N=C(N)CCc1ccc(Cl)cc1. The van der Waals surface area contributed by atoms with Crippen molar-refractivity contribution >= 4 is 29.8 Å². The number of nitrogens with one attached hydrogen (secondary N) is 1. The van der Waals surface area contributed by atoms with E-state index in [4.69, 9.17) is 22.7 Å². The molecule has 0 aliphatic carbocycles. The first-order chi connectivity index (χ1) is 5.68. The van der Waals surface area contributed by atoms with Gasteiger partial charge in [-0.05, 0) is 24.1 Å². The maximum absolute atomic E-state index is 7.04. The van der Waals surface area contributed by atoms with Crippen LogP contribution < -0.4 is 5.73 Å². The maximum Gasteiger partial charge on any atom is 0.0908 e. The van der Waals surface area contributed by atoms with E-state index in [-0.39, 0.29) is 18.2 Å². The van der Waals surface area contributed by atoms with Gasteiger partial charge in [-0.15, -0.1) is 12.4 Å². The summed E-state index contributed by atoms with van der Waals surface area (Å²) in [7, 11) is 0. The molecule has 72 valence electrons. The smallest absolute Gasteiger partial charge is 0.0908 e. The van der Waals surface area contributed by atoms with Crippen molar-refractivity contribution in [3.8, 4) is 0 Å². The number of nitrogens with two attached hydrogens (primary N) is 1. The van der Waals surface area contributed by atoms with Gasteiger partial charge in [-0.2, -0.15) is 0 Å². The van der Waals surface area contributed by atoms with E-state index < -0.39 is 0 Å². The Morgan fingerprint density at radius 1 is 1.31 bits per heavy atom. The van der Waals surface area contributed by atoms with Crippen LogP contribution in [-0.4, -0.2) is 5.84 Å². The van der Waals surface area contributed by atoms with E-state index in [2.05, 4.69) is 0 Å². The summed E-state index contributed by atoms with van der Waals surface area (Å²) in [6, 6.07) is 7.59. The summed E-state index contributed by atoms with van der Waals surface area (Å²) < 4.78 is 0. The molecule has 1 aromatic rings. The molecule has 0 fully saturated rings. The zero-order chi connectivity index (χ0) is 8.97. The van der Waals surface area contributed by atoms with Crippen LogP contribution in [0, 0.1) is 5.41 Å². The Balaban J connectivity index is 0.00000144. The number of halogens is 2. The van der Waals surface area contributed by atoms with Gasteiger partial charge in [-0.3, -0.25) is 5.41 Å². The van der Waals surface area contributed by atoms with Crippen LogP contribution >= 0.6 is 24.0 Å². The molecule has 3 N–H and O–H groups in total. The molecule has 4 heteroatoms. The first-order valence-corrected chi connectivity index (χ1v) is 4.13. The van der Waals surface area contributed by atoms with Gasteiger partial charge >= 0.3 is 0 Å². The zero-order valence-electron chi connectivity index (χ0n) is 7.09. The van der Waals surface area contributed by atoms with Crippen molar-refractivity contribution in [1.29, 1.82) is 5.41 Å². The Labute approximate surface area is 89.0 Å². The third-order valence-electron chi connectivity index (χ3n) is 1.60. The largest absolute Gasteiger partial charge is 0.388 e. The average Bonchev–Trinajstić information content (AvgIpc) is 2.03. The second-order valence-electron chi connectivity index (χ2n) is 2.65. The molecule has 0 amide bonds. The predicted molar refractivity (Wildman–Crippen MR) is 58.9 cm³/mol. The van der Waals surface area contributed by atoms with Crippen molar-refractivity contribution in [3.63, 3.8) is 0 Å². The predicted octanol–water partition coefficient (Wildman–Crippen LogP) is 2.63.